The van der Waals surface area contributed by atoms with Crippen LogP contribution in [-0.4, -0.2) is 28.2 Å². The zero-order chi connectivity index (χ0) is 20.2. The summed E-state index contributed by atoms with van der Waals surface area (Å²) in [5, 5.41) is 5.94. The Balaban J connectivity index is 1.43. The molecule has 0 fully saturated rings. The minimum Gasteiger partial charge on any atom is -0.340 e. The van der Waals surface area contributed by atoms with Crippen molar-refractivity contribution in [2.45, 2.75) is 19.9 Å². The monoisotopic (exact) mass is 386 g/mol. The smallest absolute Gasteiger partial charge is 0.255 e. The second kappa shape index (κ2) is 8.14. The molecule has 2 heterocycles. The summed E-state index contributed by atoms with van der Waals surface area (Å²) in [6.07, 6.45) is 2.47. The molecule has 0 bridgehead atoms. The summed E-state index contributed by atoms with van der Waals surface area (Å²) < 4.78 is 0. The molecule has 2 N–H and O–H groups in total. The number of hydrogen-bond donors (Lipinski definition) is 2. The molecule has 0 unspecified atom stereocenters. The van der Waals surface area contributed by atoms with Crippen molar-refractivity contribution in [3.05, 3.63) is 83.6 Å². The molecule has 0 aliphatic carbocycles. The van der Waals surface area contributed by atoms with E-state index in [1.54, 1.807) is 18.3 Å². The standard InChI is InChI=1S/C23H22N4O2/c1-16(28)25-20-7-4-8-21(13-20)26-22-10-9-18(14-24-22)23(29)27-12-11-17-5-2-3-6-19(17)15-27/h2-10,13-14H,11-12,15H2,1H3,(H,24,26)(H,25,28). The van der Waals surface area contributed by atoms with E-state index in [1.165, 1.54) is 18.1 Å². The van der Waals surface area contributed by atoms with Crippen molar-refractivity contribution in [3.63, 3.8) is 0 Å². The number of aromatic nitrogens is 1. The van der Waals surface area contributed by atoms with E-state index in [2.05, 4.69) is 27.8 Å². The van der Waals surface area contributed by atoms with E-state index in [1.807, 2.05) is 41.3 Å². The Labute approximate surface area is 169 Å². The number of carbonyl (C=O) groups excluding carboxylic acids is 2. The third-order valence-corrected chi connectivity index (χ3v) is 4.88. The van der Waals surface area contributed by atoms with E-state index in [0.717, 1.165) is 12.1 Å². The van der Waals surface area contributed by atoms with Crippen LogP contribution in [0.2, 0.25) is 0 Å². The number of nitrogens with one attached hydrogen (secondary N) is 2. The van der Waals surface area contributed by atoms with Gasteiger partial charge < -0.3 is 15.5 Å². The molecule has 6 heteroatoms. The Hall–Kier alpha value is -3.67. The molecule has 146 valence electrons. The van der Waals surface area contributed by atoms with Gasteiger partial charge in [0.1, 0.15) is 5.82 Å². The quantitative estimate of drug-likeness (QED) is 0.711. The maximum Gasteiger partial charge on any atom is 0.255 e. The Bertz CT molecular complexity index is 1050. The van der Waals surface area contributed by atoms with Gasteiger partial charge in [0.05, 0.1) is 5.56 Å². The van der Waals surface area contributed by atoms with Crippen LogP contribution in [-0.2, 0) is 17.8 Å². The summed E-state index contributed by atoms with van der Waals surface area (Å²) in [4.78, 5) is 30.3. The molecule has 1 aliphatic rings. The first kappa shape index (κ1) is 18.7. The predicted octanol–water partition coefficient (Wildman–Crippen LogP) is 3.98. The highest BCUT2D eigenvalue weighted by molar-refractivity contribution is 5.94. The van der Waals surface area contributed by atoms with E-state index in [4.69, 9.17) is 0 Å². The summed E-state index contributed by atoms with van der Waals surface area (Å²) in [6.45, 7) is 2.81. The van der Waals surface area contributed by atoms with Crippen molar-refractivity contribution >= 4 is 29.0 Å². The van der Waals surface area contributed by atoms with Crippen LogP contribution in [0, 0.1) is 0 Å². The summed E-state index contributed by atoms with van der Waals surface area (Å²) in [5.74, 6) is 0.500. The van der Waals surface area contributed by atoms with Gasteiger partial charge in [-0.15, -0.1) is 0 Å². The lowest BCUT2D eigenvalue weighted by molar-refractivity contribution is -0.114. The van der Waals surface area contributed by atoms with Gasteiger partial charge in [-0.05, 0) is 47.9 Å². The minimum atomic E-state index is -0.122. The average Bonchev–Trinajstić information content (AvgIpc) is 2.73. The molecular formula is C23H22N4O2. The second-order valence-electron chi connectivity index (χ2n) is 7.06. The first-order valence-electron chi connectivity index (χ1n) is 9.55. The van der Waals surface area contributed by atoms with Crippen molar-refractivity contribution in [2.24, 2.45) is 0 Å². The predicted molar refractivity (Wildman–Crippen MR) is 113 cm³/mol. The largest absolute Gasteiger partial charge is 0.340 e. The number of hydrogen-bond acceptors (Lipinski definition) is 4. The van der Waals surface area contributed by atoms with Crippen LogP contribution in [0.4, 0.5) is 17.2 Å². The number of anilines is 3. The van der Waals surface area contributed by atoms with Gasteiger partial charge in [-0.25, -0.2) is 4.98 Å². The average molecular weight is 386 g/mol. The molecule has 3 aromatic rings. The van der Waals surface area contributed by atoms with Crippen LogP contribution >= 0.6 is 0 Å². The van der Waals surface area contributed by atoms with Crippen molar-refractivity contribution in [1.29, 1.82) is 0 Å². The molecule has 0 atom stereocenters. The third-order valence-electron chi connectivity index (χ3n) is 4.88. The highest BCUT2D eigenvalue weighted by Gasteiger charge is 2.21. The normalized spacial score (nSPS) is 12.8. The molecule has 1 aromatic heterocycles. The lowest BCUT2D eigenvalue weighted by Crippen LogP contribution is -2.35. The van der Waals surface area contributed by atoms with Crippen LogP contribution in [0.5, 0.6) is 0 Å². The van der Waals surface area contributed by atoms with Crippen LogP contribution in [0.25, 0.3) is 0 Å². The maximum atomic E-state index is 12.9. The van der Waals surface area contributed by atoms with Gasteiger partial charge >= 0.3 is 0 Å². The van der Waals surface area contributed by atoms with Crippen molar-refractivity contribution in [2.75, 3.05) is 17.2 Å². The molecule has 1 aliphatic heterocycles. The number of pyridine rings is 1. The Morgan fingerprint density at radius 2 is 1.76 bits per heavy atom. The lowest BCUT2D eigenvalue weighted by Gasteiger charge is -2.28. The van der Waals surface area contributed by atoms with E-state index >= 15 is 0 Å². The molecule has 2 amide bonds. The fourth-order valence-electron chi connectivity index (χ4n) is 3.47. The third kappa shape index (κ3) is 4.43. The van der Waals surface area contributed by atoms with Crippen LogP contribution < -0.4 is 10.6 Å². The van der Waals surface area contributed by atoms with Crippen LogP contribution in [0.3, 0.4) is 0 Å². The highest BCUT2D eigenvalue weighted by atomic mass is 16.2. The Morgan fingerprint density at radius 1 is 0.966 bits per heavy atom. The van der Waals surface area contributed by atoms with Gasteiger partial charge in [-0.2, -0.15) is 0 Å². The highest BCUT2D eigenvalue weighted by Crippen LogP contribution is 2.22. The fourth-order valence-corrected chi connectivity index (χ4v) is 3.47. The molecular weight excluding hydrogens is 364 g/mol. The number of amides is 2. The maximum absolute atomic E-state index is 12.9. The van der Waals surface area contributed by atoms with E-state index in [9.17, 15) is 9.59 Å². The molecule has 0 spiro atoms. The summed E-state index contributed by atoms with van der Waals surface area (Å²) in [5.41, 5.74) is 4.60. The van der Waals surface area contributed by atoms with Gasteiger partial charge in [-0.3, -0.25) is 9.59 Å². The SMILES string of the molecule is CC(=O)Nc1cccc(Nc2ccc(C(=O)N3CCc4ccccc4C3)cn2)c1. The van der Waals surface area contributed by atoms with Gasteiger partial charge in [0.25, 0.3) is 5.91 Å². The number of fused-ring (bicyclic) bond motifs is 1. The first-order chi connectivity index (χ1) is 14.1. The molecule has 29 heavy (non-hydrogen) atoms. The zero-order valence-corrected chi connectivity index (χ0v) is 16.2. The van der Waals surface area contributed by atoms with Crippen molar-refractivity contribution in [3.8, 4) is 0 Å². The molecule has 6 nitrogen and oxygen atoms in total. The summed E-state index contributed by atoms with van der Waals surface area (Å²) in [7, 11) is 0. The topological polar surface area (TPSA) is 74.3 Å². The van der Waals surface area contributed by atoms with Crippen LogP contribution in [0.1, 0.15) is 28.4 Å². The first-order valence-corrected chi connectivity index (χ1v) is 9.55. The second-order valence-corrected chi connectivity index (χ2v) is 7.06. The minimum absolute atomic E-state index is 0.00814. The lowest BCUT2D eigenvalue weighted by atomic mass is 9.99. The Morgan fingerprint density at radius 3 is 2.52 bits per heavy atom. The van der Waals surface area contributed by atoms with Gasteiger partial charge in [0.15, 0.2) is 0 Å². The molecule has 2 aromatic carbocycles. The molecule has 0 saturated carbocycles. The number of rotatable bonds is 4. The van der Waals surface area contributed by atoms with E-state index in [0.29, 0.717) is 30.2 Å². The molecule has 0 saturated heterocycles. The number of nitrogens with zero attached hydrogens (tertiary/aromatic N) is 2. The van der Waals surface area contributed by atoms with Crippen LogP contribution in [0.15, 0.2) is 66.9 Å². The fraction of sp³-hybridized carbons (Fsp3) is 0.174. The van der Waals surface area contributed by atoms with Gasteiger partial charge in [0.2, 0.25) is 5.91 Å². The zero-order valence-electron chi connectivity index (χ0n) is 16.2. The van der Waals surface area contributed by atoms with Gasteiger partial charge in [-0.1, -0.05) is 30.3 Å². The summed E-state index contributed by atoms with van der Waals surface area (Å²) in [6, 6.07) is 19.2. The number of carbonyl (C=O) groups is 2. The Kier molecular flexibility index (Phi) is 5.24. The molecule has 4 rings (SSSR count). The van der Waals surface area contributed by atoms with Crippen molar-refractivity contribution < 1.29 is 9.59 Å². The van der Waals surface area contributed by atoms with E-state index in [-0.39, 0.29) is 11.8 Å². The van der Waals surface area contributed by atoms with E-state index < -0.39 is 0 Å². The summed E-state index contributed by atoms with van der Waals surface area (Å²) >= 11 is 0. The number of benzene rings is 2. The van der Waals surface area contributed by atoms with Gasteiger partial charge in [0, 0.05) is 37.6 Å². The molecule has 0 radical (unpaired) electrons. The van der Waals surface area contributed by atoms with Crippen molar-refractivity contribution in [1.82, 2.24) is 9.88 Å².